The molecule has 5 heteroatoms. The van der Waals surface area contributed by atoms with Gasteiger partial charge in [-0.25, -0.2) is 0 Å². The van der Waals surface area contributed by atoms with E-state index in [-0.39, 0.29) is 5.91 Å². The number of aromatic nitrogens is 2. The first-order valence-electron chi connectivity index (χ1n) is 9.07. The Morgan fingerprint density at radius 2 is 2.12 bits per heavy atom. The smallest absolute Gasteiger partial charge is 0.251 e. The molecule has 1 amide bonds. The minimum Gasteiger partial charge on any atom is -0.366 e. The number of nitrogens with zero attached hydrogens (tertiary/aromatic N) is 2. The quantitative estimate of drug-likeness (QED) is 0.581. The van der Waals surface area contributed by atoms with E-state index >= 15 is 0 Å². The van der Waals surface area contributed by atoms with Crippen molar-refractivity contribution < 1.29 is 4.79 Å². The average molecular weight is 368 g/mol. The Morgan fingerprint density at radius 3 is 2.73 bits per heavy atom. The highest BCUT2D eigenvalue weighted by Gasteiger charge is 2.24. The highest BCUT2D eigenvalue weighted by Crippen LogP contribution is 2.35. The molecule has 3 aromatic heterocycles. The molecule has 3 rings (SSSR count). The van der Waals surface area contributed by atoms with Gasteiger partial charge in [0.1, 0.15) is 0 Å². The molecule has 0 aromatic carbocycles. The van der Waals surface area contributed by atoms with Crippen LogP contribution in [0.1, 0.15) is 53.6 Å². The lowest BCUT2D eigenvalue weighted by Crippen LogP contribution is -2.13. The lowest BCUT2D eigenvalue weighted by atomic mass is 9.99. The summed E-state index contributed by atoms with van der Waals surface area (Å²) in [6, 6.07) is 8.00. The summed E-state index contributed by atoms with van der Waals surface area (Å²) in [7, 11) is 0. The van der Waals surface area contributed by atoms with Crippen molar-refractivity contribution in [3.63, 3.8) is 0 Å². The van der Waals surface area contributed by atoms with Crippen molar-refractivity contribution >= 4 is 17.2 Å². The number of pyridine rings is 1. The van der Waals surface area contributed by atoms with Crippen LogP contribution in [0.3, 0.4) is 0 Å². The summed E-state index contributed by atoms with van der Waals surface area (Å²) in [5, 5.41) is 4.14. The number of nitrogens with two attached hydrogens (primary N) is 1. The minimum atomic E-state index is -0.361. The van der Waals surface area contributed by atoms with Gasteiger partial charge < -0.3 is 10.3 Å². The first-order chi connectivity index (χ1) is 12.6. The molecule has 0 aliphatic rings. The zero-order chi connectivity index (χ0) is 18.5. The SMILES string of the molecule is CCCCCc1c(-c2ccsc2)c(C(N)=O)c(C)n1Cc1ccccn1. The zero-order valence-corrected chi connectivity index (χ0v) is 16.2. The van der Waals surface area contributed by atoms with Crippen LogP contribution in [0.5, 0.6) is 0 Å². The van der Waals surface area contributed by atoms with Crippen LogP contribution in [-0.2, 0) is 13.0 Å². The molecule has 0 aliphatic carbocycles. The monoisotopic (exact) mass is 367 g/mol. The van der Waals surface area contributed by atoms with Crippen LogP contribution in [0, 0.1) is 6.92 Å². The standard InChI is InChI=1S/C21H25N3OS/c1-3-4-5-9-18-20(16-10-12-26-14-16)19(21(22)25)15(2)24(18)13-17-8-6-7-11-23-17/h6-8,10-12,14H,3-5,9,13H2,1-2H3,(H2,22,25). The lowest BCUT2D eigenvalue weighted by molar-refractivity contribution is 0.1000. The number of hydrogen-bond donors (Lipinski definition) is 1. The molecule has 2 N–H and O–H groups in total. The van der Waals surface area contributed by atoms with Crippen molar-refractivity contribution in [2.75, 3.05) is 0 Å². The number of hydrogen-bond acceptors (Lipinski definition) is 3. The van der Waals surface area contributed by atoms with Gasteiger partial charge in [0.2, 0.25) is 0 Å². The molecule has 0 unspecified atom stereocenters. The van der Waals surface area contributed by atoms with E-state index in [4.69, 9.17) is 5.73 Å². The van der Waals surface area contributed by atoms with Gasteiger partial charge >= 0.3 is 0 Å². The number of unbranched alkanes of at least 4 members (excludes halogenated alkanes) is 2. The molecule has 0 fully saturated rings. The molecule has 0 spiro atoms. The Bertz CT molecular complexity index is 867. The summed E-state index contributed by atoms with van der Waals surface area (Å²) in [6.07, 6.45) is 6.16. The Labute approximate surface area is 158 Å². The van der Waals surface area contributed by atoms with Crippen molar-refractivity contribution in [2.24, 2.45) is 5.73 Å². The topological polar surface area (TPSA) is 60.9 Å². The summed E-state index contributed by atoms with van der Waals surface area (Å²) >= 11 is 1.64. The summed E-state index contributed by atoms with van der Waals surface area (Å²) in [5.74, 6) is -0.361. The molecule has 26 heavy (non-hydrogen) atoms. The van der Waals surface area contributed by atoms with Crippen LogP contribution < -0.4 is 5.73 Å². The van der Waals surface area contributed by atoms with Crippen molar-refractivity contribution in [1.29, 1.82) is 0 Å². The molecule has 3 aromatic rings. The first-order valence-corrected chi connectivity index (χ1v) is 10.0. The third kappa shape index (κ3) is 3.73. The molecule has 0 bridgehead atoms. The molecular formula is C21H25N3OS. The highest BCUT2D eigenvalue weighted by molar-refractivity contribution is 7.08. The van der Waals surface area contributed by atoms with Crippen LogP contribution in [0.4, 0.5) is 0 Å². The van der Waals surface area contributed by atoms with E-state index in [1.165, 1.54) is 12.1 Å². The predicted octanol–water partition coefficient (Wildman–Crippen LogP) is 4.80. The molecule has 0 aliphatic heterocycles. The van der Waals surface area contributed by atoms with Crippen LogP contribution in [0.15, 0.2) is 41.2 Å². The van der Waals surface area contributed by atoms with Gasteiger partial charge in [0, 0.05) is 23.1 Å². The summed E-state index contributed by atoms with van der Waals surface area (Å²) in [5.41, 5.74) is 11.6. The van der Waals surface area contributed by atoms with Crippen LogP contribution in [0.2, 0.25) is 0 Å². The van der Waals surface area contributed by atoms with Gasteiger partial charge in [0.25, 0.3) is 5.91 Å². The molecule has 0 radical (unpaired) electrons. The van der Waals surface area contributed by atoms with Crippen molar-refractivity contribution in [1.82, 2.24) is 9.55 Å². The summed E-state index contributed by atoms with van der Waals surface area (Å²) in [6.45, 7) is 4.84. The maximum Gasteiger partial charge on any atom is 0.251 e. The molecular weight excluding hydrogens is 342 g/mol. The Balaban J connectivity index is 2.14. The third-order valence-corrected chi connectivity index (χ3v) is 5.43. The number of amides is 1. The van der Waals surface area contributed by atoms with E-state index in [1.807, 2.05) is 30.5 Å². The molecule has 0 saturated heterocycles. The highest BCUT2D eigenvalue weighted by atomic mass is 32.1. The van der Waals surface area contributed by atoms with Crippen LogP contribution >= 0.6 is 11.3 Å². The number of primary amides is 1. The van der Waals surface area contributed by atoms with Crippen molar-refractivity contribution in [3.8, 4) is 11.1 Å². The molecule has 136 valence electrons. The Hall–Kier alpha value is -2.40. The van der Waals surface area contributed by atoms with Crippen molar-refractivity contribution in [3.05, 3.63) is 63.9 Å². The Morgan fingerprint density at radius 1 is 1.27 bits per heavy atom. The van der Waals surface area contributed by atoms with Crippen LogP contribution in [0.25, 0.3) is 11.1 Å². The summed E-state index contributed by atoms with van der Waals surface area (Å²) in [4.78, 5) is 16.7. The fraction of sp³-hybridized carbons (Fsp3) is 0.333. The second-order valence-electron chi connectivity index (χ2n) is 6.52. The first kappa shape index (κ1) is 18.4. The number of rotatable bonds is 8. The van der Waals surface area contributed by atoms with E-state index in [0.717, 1.165) is 41.8 Å². The van der Waals surface area contributed by atoms with Crippen LogP contribution in [-0.4, -0.2) is 15.5 Å². The van der Waals surface area contributed by atoms with E-state index in [0.29, 0.717) is 12.1 Å². The minimum absolute atomic E-state index is 0.361. The van der Waals surface area contributed by atoms with Gasteiger partial charge in [-0.1, -0.05) is 25.8 Å². The number of carbonyl (C=O) groups is 1. The second kappa shape index (κ2) is 8.32. The van der Waals surface area contributed by atoms with E-state index in [1.54, 1.807) is 17.5 Å². The molecule has 4 nitrogen and oxygen atoms in total. The van der Waals surface area contributed by atoms with Gasteiger partial charge in [-0.2, -0.15) is 11.3 Å². The molecule has 0 saturated carbocycles. The van der Waals surface area contributed by atoms with Crippen molar-refractivity contribution in [2.45, 2.75) is 46.1 Å². The van der Waals surface area contributed by atoms with Gasteiger partial charge in [-0.3, -0.25) is 9.78 Å². The largest absolute Gasteiger partial charge is 0.366 e. The number of carbonyl (C=O) groups excluding carboxylic acids is 1. The second-order valence-corrected chi connectivity index (χ2v) is 7.30. The van der Waals surface area contributed by atoms with E-state index in [2.05, 4.69) is 27.9 Å². The van der Waals surface area contributed by atoms with Gasteiger partial charge in [-0.05, 0) is 54.3 Å². The van der Waals surface area contributed by atoms with Gasteiger partial charge in [0.05, 0.1) is 17.8 Å². The average Bonchev–Trinajstić information content (AvgIpc) is 3.24. The van der Waals surface area contributed by atoms with Gasteiger partial charge in [-0.15, -0.1) is 0 Å². The maximum atomic E-state index is 12.3. The molecule has 0 atom stereocenters. The normalized spacial score (nSPS) is 11.0. The predicted molar refractivity (Wildman–Crippen MR) is 108 cm³/mol. The third-order valence-electron chi connectivity index (χ3n) is 4.75. The fourth-order valence-corrected chi connectivity index (χ4v) is 4.13. The lowest BCUT2D eigenvalue weighted by Gasteiger charge is -2.13. The Kier molecular flexibility index (Phi) is 5.89. The van der Waals surface area contributed by atoms with E-state index in [9.17, 15) is 4.79 Å². The molecule has 3 heterocycles. The van der Waals surface area contributed by atoms with E-state index < -0.39 is 0 Å². The number of thiophene rings is 1. The van der Waals surface area contributed by atoms with Gasteiger partial charge in [0.15, 0.2) is 0 Å². The zero-order valence-electron chi connectivity index (χ0n) is 15.4. The fourth-order valence-electron chi connectivity index (χ4n) is 3.49. The summed E-state index contributed by atoms with van der Waals surface area (Å²) < 4.78 is 2.23. The maximum absolute atomic E-state index is 12.3.